The third kappa shape index (κ3) is 2.23. The lowest BCUT2D eigenvalue weighted by molar-refractivity contribution is -0.118. The van der Waals surface area contributed by atoms with E-state index in [1.807, 2.05) is 11.5 Å². The van der Waals surface area contributed by atoms with Gasteiger partial charge >= 0.3 is 0 Å². The molecule has 71 valence electrons. The van der Waals surface area contributed by atoms with Crippen LogP contribution in [-0.2, 0) is 4.79 Å². The van der Waals surface area contributed by atoms with Gasteiger partial charge in [-0.15, -0.1) is 0 Å². The minimum atomic E-state index is 0.331. The van der Waals surface area contributed by atoms with Crippen LogP contribution in [0, 0.1) is 6.08 Å². The Morgan fingerprint density at radius 3 is 3.14 bits per heavy atom. The van der Waals surface area contributed by atoms with E-state index < -0.39 is 0 Å². The normalized spacial score (nSPS) is 21.6. The molecule has 1 radical (unpaired) electrons. The second-order valence-corrected chi connectivity index (χ2v) is 4.04. The highest BCUT2D eigenvalue weighted by molar-refractivity contribution is 8.06. The Bertz CT molecular complexity index is 363. The quantitative estimate of drug-likeness (QED) is 0.657. The average molecular weight is 204 g/mol. The molecule has 0 unspecified atom stereocenters. The maximum Gasteiger partial charge on any atom is 0.137 e. The molecule has 1 heterocycles. The molecule has 3 heteroatoms. The fourth-order valence-electron chi connectivity index (χ4n) is 1.40. The van der Waals surface area contributed by atoms with Crippen LogP contribution in [0.2, 0.25) is 0 Å². The maximum absolute atomic E-state index is 11.0. The number of thioether (sulfide) groups is 1. The third-order valence-electron chi connectivity index (χ3n) is 2.14. The van der Waals surface area contributed by atoms with Gasteiger partial charge in [-0.25, -0.2) is 0 Å². The standard InChI is InChI=1S/C11H10NOS/c13-10-3-1-9(2-4-10)11-5-6-12-7-8-14-11/h1,6-8H,2-4H2. The van der Waals surface area contributed by atoms with Gasteiger partial charge in [0, 0.05) is 36.2 Å². The Morgan fingerprint density at radius 2 is 2.36 bits per heavy atom. The molecule has 2 rings (SSSR count). The summed E-state index contributed by atoms with van der Waals surface area (Å²) < 4.78 is 0. The summed E-state index contributed by atoms with van der Waals surface area (Å²) in [5.74, 6) is 0.331. The Hall–Kier alpha value is -1.09. The number of rotatable bonds is 1. The van der Waals surface area contributed by atoms with Crippen molar-refractivity contribution in [1.29, 1.82) is 0 Å². The summed E-state index contributed by atoms with van der Waals surface area (Å²) >= 11 is 1.61. The van der Waals surface area contributed by atoms with E-state index >= 15 is 0 Å². The minimum absolute atomic E-state index is 0.331. The van der Waals surface area contributed by atoms with E-state index in [9.17, 15) is 4.79 Å². The smallest absolute Gasteiger partial charge is 0.137 e. The highest BCUT2D eigenvalue weighted by atomic mass is 32.2. The van der Waals surface area contributed by atoms with Crippen LogP contribution < -0.4 is 0 Å². The predicted molar refractivity (Wildman–Crippen MR) is 58.9 cm³/mol. The van der Waals surface area contributed by atoms with Crippen LogP contribution in [-0.4, -0.2) is 12.0 Å². The molecule has 0 saturated heterocycles. The Morgan fingerprint density at radius 1 is 1.43 bits per heavy atom. The van der Waals surface area contributed by atoms with Crippen LogP contribution in [0.1, 0.15) is 19.3 Å². The van der Waals surface area contributed by atoms with E-state index in [0.29, 0.717) is 18.6 Å². The molecule has 0 bridgehead atoms. The van der Waals surface area contributed by atoms with E-state index in [0.717, 1.165) is 11.3 Å². The van der Waals surface area contributed by atoms with Crippen molar-refractivity contribution in [1.82, 2.24) is 0 Å². The van der Waals surface area contributed by atoms with Gasteiger partial charge in [-0.3, -0.25) is 9.79 Å². The molecule has 0 saturated carbocycles. The molecule has 0 spiro atoms. The van der Waals surface area contributed by atoms with Crippen molar-refractivity contribution in [2.45, 2.75) is 19.3 Å². The number of allylic oxidation sites excluding steroid dienone is 3. The fraction of sp³-hybridized carbons (Fsp3) is 0.273. The first-order valence-corrected chi connectivity index (χ1v) is 5.42. The van der Waals surface area contributed by atoms with Crippen LogP contribution in [0.3, 0.4) is 0 Å². The number of carbonyl (C=O) groups excluding carboxylic acids is 1. The van der Waals surface area contributed by atoms with Crippen LogP contribution in [0.4, 0.5) is 0 Å². The molecule has 0 aromatic heterocycles. The first kappa shape index (κ1) is 9.46. The molecule has 14 heavy (non-hydrogen) atoms. The van der Waals surface area contributed by atoms with Crippen molar-refractivity contribution in [3.63, 3.8) is 0 Å². The summed E-state index contributed by atoms with van der Waals surface area (Å²) in [6, 6.07) is 0. The summed E-state index contributed by atoms with van der Waals surface area (Å²) in [6.07, 6.45) is 10.6. The lowest BCUT2D eigenvalue weighted by atomic mass is 9.98. The molecule has 1 aliphatic carbocycles. The summed E-state index contributed by atoms with van der Waals surface area (Å²) in [5, 5.41) is 1.93. The summed E-state index contributed by atoms with van der Waals surface area (Å²) in [4.78, 5) is 16.1. The van der Waals surface area contributed by atoms with Crippen molar-refractivity contribution < 1.29 is 4.79 Å². The van der Waals surface area contributed by atoms with Gasteiger partial charge in [-0.2, -0.15) is 0 Å². The molecule has 0 atom stereocenters. The predicted octanol–water partition coefficient (Wildman–Crippen LogP) is 2.64. The van der Waals surface area contributed by atoms with Crippen LogP contribution >= 0.6 is 11.8 Å². The van der Waals surface area contributed by atoms with Gasteiger partial charge in [0.15, 0.2) is 0 Å². The van der Waals surface area contributed by atoms with Crippen molar-refractivity contribution in [2.75, 3.05) is 0 Å². The van der Waals surface area contributed by atoms with E-state index in [1.165, 1.54) is 5.57 Å². The zero-order chi connectivity index (χ0) is 9.80. The third-order valence-corrected chi connectivity index (χ3v) is 3.02. The van der Waals surface area contributed by atoms with Gasteiger partial charge in [0.1, 0.15) is 5.78 Å². The zero-order valence-corrected chi connectivity index (χ0v) is 8.51. The van der Waals surface area contributed by atoms with Gasteiger partial charge in [0.2, 0.25) is 0 Å². The van der Waals surface area contributed by atoms with Crippen LogP contribution in [0.15, 0.2) is 33.2 Å². The number of aliphatic imine (C=N–C) groups is 1. The Kier molecular flexibility index (Phi) is 2.99. The number of hydrogen-bond donors (Lipinski definition) is 0. The number of hydrogen-bond acceptors (Lipinski definition) is 3. The molecule has 0 N–H and O–H groups in total. The average Bonchev–Trinajstić information content (AvgIpc) is 2.47. The largest absolute Gasteiger partial charge is 0.299 e. The highest BCUT2D eigenvalue weighted by Gasteiger charge is 2.13. The molecule has 2 nitrogen and oxygen atoms in total. The second-order valence-electron chi connectivity index (χ2n) is 3.13. The first-order valence-electron chi connectivity index (χ1n) is 4.54. The first-order chi connectivity index (χ1) is 6.86. The Balaban J connectivity index is 2.15. The second kappa shape index (κ2) is 4.42. The topological polar surface area (TPSA) is 29.4 Å². The van der Waals surface area contributed by atoms with Gasteiger partial charge in [-0.05, 0) is 17.4 Å². The van der Waals surface area contributed by atoms with Crippen LogP contribution in [0.5, 0.6) is 0 Å². The van der Waals surface area contributed by atoms with Crippen molar-refractivity contribution in [3.8, 4) is 0 Å². The highest BCUT2D eigenvalue weighted by Crippen LogP contribution is 2.31. The fourth-order valence-corrected chi connectivity index (χ4v) is 2.12. The molecular formula is C11H10NOS. The summed E-state index contributed by atoms with van der Waals surface area (Å²) in [7, 11) is 0. The summed E-state index contributed by atoms with van der Waals surface area (Å²) in [6.45, 7) is 0. The maximum atomic E-state index is 11.0. The van der Waals surface area contributed by atoms with Gasteiger partial charge in [0.25, 0.3) is 0 Å². The van der Waals surface area contributed by atoms with Crippen molar-refractivity contribution >= 4 is 23.8 Å². The van der Waals surface area contributed by atoms with Crippen molar-refractivity contribution in [2.24, 2.45) is 4.99 Å². The van der Waals surface area contributed by atoms with Gasteiger partial charge in [0.05, 0.1) is 0 Å². The lowest BCUT2D eigenvalue weighted by Gasteiger charge is -2.12. The number of Topliss-reactive ketones (excluding diaryl/α,β-unsaturated/α-hetero) is 1. The lowest BCUT2D eigenvalue weighted by Crippen LogP contribution is -2.04. The monoisotopic (exact) mass is 204 g/mol. The van der Waals surface area contributed by atoms with Crippen molar-refractivity contribution in [3.05, 3.63) is 34.2 Å². The van der Waals surface area contributed by atoms with Gasteiger partial charge < -0.3 is 0 Å². The number of nitrogens with zero attached hydrogens (tertiary/aromatic N) is 1. The molecule has 0 aromatic carbocycles. The number of ketones is 1. The molecular weight excluding hydrogens is 194 g/mol. The van der Waals surface area contributed by atoms with E-state index in [2.05, 4.69) is 11.1 Å². The SMILES string of the molecule is O=C1CC=C(C2=[C]C=NC=CS2)CC1. The molecule has 2 aliphatic rings. The Labute approximate surface area is 87.5 Å². The molecule has 1 aliphatic heterocycles. The summed E-state index contributed by atoms with van der Waals surface area (Å²) in [5.41, 5.74) is 1.23. The molecule has 0 fully saturated rings. The van der Waals surface area contributed by atoms with E-state index in [1.54, 1.807) is 24.2 Å². The number of carbonyl (C=O) groups is 1. The van der Waals surface area contributed by atoms with Gasteiger partial charge in [-0.1, -0.05) is 17.8 Å². The molecule has 0 aromatic rings. The minimum Gasteiger partial charge on any atom is -0.299 e. The van der Waals surface area contributed by atoms with E-state index in [-0.39, 0.29) is 0 Å². The molecule has 0 amide bonds. The van der Waals surface area contributed by atoms with E-state index in [4.69, 9.17) is 0 Å². The van der Waals surface area contributed by atoms with Crippen LogP contribution in [0.25, 0.3) is 0 Å². The zero-order valence-electron chi connectivity index (χ0n) is 7.69.